The van der Waals surface area contributed by atoms with E-state index in [4.69, 9.17) is 18.9 Å². The summed E-state index contributed by atoms with van der Waals surface area (Å²) in [7, 11) is 4.79. The van der Waals surface area contributed by atoms with Gasteiger partial charge in [-0.1, -0.05) is 6.07 Å². The van der Waals surface area contributed by atoms with Crippen LogP contribution in [0.4, 0.5) is 0 Å². The fraction of sp³-hybridized carbons (Fsp3) is 0.333. The Morgan fingerprint density at radius 2 is 1.54 bits per heavy atom. The van der Waals surface area contributed by atoms with Crippen molar-refractivity contribution >= 4 is 16.6 Å². The van der Waals surface area contributed by atoms with Crippen LogP contribution in [0.2, 0.25) is 0 Å². The second-order valence-corrected chi connectivity index (χ2v) is 10.8. The Labute approximate surface area is 227 Å². The second-order valence-electron chi connectivity index (χ2n) is 10.8. The summed E-state index contributed by atoms with van der Waals surface area (Å²) in [5.74, 6) is 2.96. The Bertz CT molecular complexity index is 1630. The van der Waals surface area contributed by atoms with Gasteiger partial charge in [0.15, 0.2) is 23.1 Å². The molecule has 4 heterocycles. The van der Waals surface area contributed by atoms with Crippen molar-refractivity contribution in [2.24, 2.45) is 0 Å². The summed E-state index contributed by atoms with van der Waals surface area (Å²) >= 11 is 0. The molecule has 1 fully saturated rings. The number of aromatic amines is 1. The monoisotopic (exact) mass is 527 g/mol. The summed E-state index contributed by atoms with van der Waals surface area (Å²) in [6.45, 7) is 8.40. The van der Waals surface area contributed by atoms with E-state index >= 15 is 0 Å². The third-order valence-electron chi connectivity index (χ3n) is 7.37. The van der Waals surface area contributed by atoms with Crippen molar-refractivity contribution in [3.05, 3.63) is 54.9 Å². The van der Waals surface area contributed by atoms with Crippen LogP contribution in [0.3, 0.4) is 0 Å². The molecule has 202 valence electrons. The number of ether oxygens (including phenoxy) is 4. The van der Waals surface area contributed by atoms with E-state index < -0.39 is 0 Å². The summed E-state index contributed by atoms with van der Waals surface area (Å²) in [4.78, 5) is 5.67. The van der Waals surface area contributed by atoms with Crippen molar-refractivity contribution in [2.75, 3.05) is 34.4 Å². The van der Waals surface area contributed by atoms with Crippen molar-refractivity contribution in [1.82, 2.24) is 24.5 Å². The Hall–Kier alpha value is -4.24. The molecule has 39 heavy (non-hydrogen) atoms. The van der Waals surface area contributed by atoms with Gasteiger partial charge in [-0.15, -0.1) is 10.2 Å². The van der Waals surface area contributed by atoms with Crippen LogP contribution in [0.1, 0.15) is 20.8 Å². The molecule has 0 aliphatic carbocycles. The predicted octanol–water partition coefficient (Wildman–Crippen LogP) is 5.43. The molecule has 9 nitrogen and oxygen atoms in total. The summed E-state index contributed by atoms with van der Waals surface area (Å²) in [5.41, 5.74) is 4.71. The maximum atomic E-state index is 6.56. The number of benzene rings is 2. The first kappa shape index (κ1) is 25.1. The van der Waals surface area contributed by atoms with Crippen LogP contribution in [0.25, 0.3) is 39.1 Å². The third kappa shape index (κ3) is 4.42. The number of hydrogen-bond donors (Lipinski definition) is 1. The highest BCUT2D eigenvalue weighted by molar-refractivity contribution is 5.85. The fourth-order valence-corrected chi connectivity index (χ4v) is 5.09. The van der Waals surface area contributed by atoms with Crippen molar-refractivity contribution < 1.29 is 18.9 Å². The number of nitrogens with zero attached hydrogens (tertiary/aromatic N) is 4. The summed E-state index contributed by atoms with van der Waals surface area (Å²) in [5, 5.41) is 10.3. The zero-order valence-corrected chi connectivity index (χ0v) is 23.1. The summed E-state index contributed by atoms with van der Waals surface area (Å²) < 4.78 is 25.2. The normalized spacial score (nSPS) is 14.5. The van der Waals surface area contributed by atoms with Gasteiger partial charge in [0, 0.05) is 47.7 Å². The molecule has 0 atom stereocenters. The van der Waals surface area contributed by atoms with Crippen LogP contribution < -0.4 is 18.9 Å². The van der Waals surface area contributed by atoms with E-state index in [9.17, 15) is 0 Å². The number of H-pyrrole nitrogens is 1. The first-order valence-electron chi connectivity index (χ1n) is 13.0. The molecular formula is C30H33N5O4. The lowest BCUT2D eigenvalue weighted by molar-refractivity contribution is -0.0345. The SMILES string of the molecule is COc1cc(-c2nnc3c(OC4CN(C(C)(C)C)C4)cc(-c4ccc5[nH]ccc5c4)cn23)cc(OC)c1OC. The van der Waals surface area contributed by atoms with Crippen LogP contribution in [0, 0.1) is 0 Å². The van der Waals surface area contributed by atoms with E-state index in [1.165, 1.54) is 0 Å². The molecule has 1 N–H and O–H groups in total. The third-order valence-corrected chi connectivity index (χ3v) is 7.37. The highest BCUT2D eigenvalue weighted by Crippen LogP contribution is 2.42. The Balaban J connectivity index is 1.48. The highest BCUT2D eigenvalue weighted by atomic mass is 16.5. The van der Waals surface area contributed by atoms with Gasteiger partial charge in [0.1, 0.15) is 6.10 Å². The van der Waals surface area contributed by atoms with Crippen LogP contribution >= 0.6 is 0 Å². The zero-order chi connectivity index (χ0) is 27.3. The van der Waals surface area contributed by atoms with E-state index in [0.717, 1.165) is 40.7 Å². The standard InChI is InChI=1S/C30H33N5O4/c1-30(2,3)34-16-22(17-34)39-26-14-21(18-7-8-23-19(11-18)9-10-31-23)15-35-28(32-33-29(26)35)20-12-24(36-4)27(38-6)25(13-20)37-5/h7-15,22,31H,16-17H2,1-6H3. The molecule has 2 aromatic carbocycles. The van der Waals surface area contributed by atoms with Gasteiger partial charge >= 0.3 is 0 Å². The molecule has 0 unspecified atom stereocenters. The van der Waals surface area contributed by atoms with Gasteiger partial charge in [0.05, 0.1) is 21.3 Å². The van der Waals surface area contributed by atoms with E-state index in [1.807, 2.05) is 22.7 Å². The molecule has 0 bridgehead atoms. The number of likely N-dealkylation sites (tertiary alicyclic amines) is 1. The van der Waals surface area contributed by atoms with Crippen LogP contribution in [-0.2, 0) is 0 Å². The average molecular weight is 528 g/mol. The number of fused-ring (bicyclic) bond motifs is 2. The Morgan fingerprint density at radius 3 is 2.21 bits per heavy atom. The van der Waals surface area contributed by atoms with Gasteiger partial charge in [-0.2, -0.15) is 0 Å². The van der Waals surface area contributed by atoms with Gasteiger partial charge in [-0.05, 0) is 68.1 Å². The minimum absolute atomic E-state index is 0.0803. The lowest BCUT2D eigenvalue weighted by Gasteiger charge is -2.47. The molecule has 6 rings (SSSR count). The molecule has 0 radical (unpaired) electrons. The number of nitrogens with one attached hydrogen (secondary N) is 1. The molecule has 3 aromatic heterocycles. The molecular weight excluding hydrogens is 494 g/mol. The maximum absolute atomic E-state index is 6.56. The number of pyridine rings is 1. The number of hydrogen-bond acceptors (Lipinski definition) is 7. The largest absolute Gasteiger partial charge is 0.493 e. The van der Waals surface area contributed by atoms with E-state index in [-0.39, 0.29) is 11.6 Å². The van der Waals surface area contributed by atoms with Gasteiger partial charge in [0.2, 0.25) is 11.4 Å². The quantitative estimate of drug-likeness (QED) is 0.302. The Kier molecular flexibility index (Phi) is 6.10. The zero-order valence-electron chi connectivity index (χ0n) is 23.1. The molecule has 0 spiro atoms. The van der Waals surface area contributed by atoms with Crippen molar-refractivity contribution in [1.29, 1.82) is 0 Å². The van der Waals surface area contributed by atoms with Gasteiger partial charge in [-0.3, -0.25) is 9.30 Å². The minimum Gasteiger partial charge on any atom is -0.493 e. The van der Waals surface area contributed by atoms with Gasteiger partial charge in [0.25, 0.3) is 0 Å². The summed E-state index contributed by atoms with van der Waals surface area (Å²) in [6, 6.07) is 14.3. The lowest BCUT2D eigenvalue weighted by Crippen LogP contribution is -2.60. The molecule has 0 saturated carbocycles. The maximum Gasteiger partial charge on any atom is 0.203 e. The summed E-state index contributed by atoms with van der Waals surface area (Å²) in [6.07, 6.45) is 4.08. The van der Waals surface area contributed by atoms with E-state index in [2.05, 4.69) is 77.4 Å². The molecule has 1 saturated heterocycles. The van der Waals surface area contributed by atoms with Crippen LogP contribution in [-0.4, -0.2) is 70.5 Å². The van der Waals surface area contributed by atoms with Crippen LogP contribution in [0.15, 0.2) is 54.9 Å². The van der Waals surface area contributed by atoms with Gasteiger partial charge in [-0.25, -0.2) is 0 Å². The van der Waals surface area contributed by atoms with Gasteiger partial charge < -0.3 is 23.9 Å². The lowest BCUT2D eigenvalue weighted by atomic mass is 9.99. The molecule has 9 heteroatoms. The topological polar surface area (TPSA) is 86.1 Å². The smallest absolute Gasteiger partial charge is 0.203 e. The first-order chi connectivity index (χ1) is 18.8. The number of rotatable bonds is 7. The van der Waals surface area contributed by atoms with E-state index in [0.29, 0.717) is 34.5 Å². The second kappa shape index (κ2) is 9.50. The molecule has 0 amide bonds. The number of aromatic nitrogens is 4. The Morgan fingerprint density at radius 1 is 0.821 bits per heavy atom. The highest BCUT2D eigenvalue weighted by Gasteiger charge is 2.36. The minimum atomic E-state index is 0.0803. The first-order valence-corrected chi connectivity index (χ1v) is 13.0. The number of methoxy groups -OCH3 is 3. The van der Waals surface area contributed by atoms with Crippen molar-refractivity contribution in [3.8, 4) is 45.5 Å². The van der Waals surface area contributed by atoms with Crippen LogP contribution in [0.5, 0.6) is 23.0 Å². The molecule has 1 aliphatic heterocycles. The van der Waals surface area contributed by atoms with E-state index in [1.54, 1.807) is 21.3 Å². The van der Waals surface area contributed by atoms with Crippen molar-refractivity contribution in [3.63, 3.8) is 0 Å². The molecule has 5 aromatic rings. The predicted molar refractivity (Wildman–Crippen MR) is 151 cm³/mol. The van der Waals surface area contributed by atoms with Crippen molar-refractivity contribution in [2.45, 2.75) is 32.4 Å². The molecule has 1 aliphatic rings. The fourth-order valence-electron chi connectivity index (χ4n) is 5.09. The average Bonchev–Trinajstić information content (AvgIpc) is 3.55.